The molecule has 4 heteroatoms. The van der Waals surface area contributed by atoms with Gasteiger partial charge in [-0.15, -0.1) is 0 Å². The zero-order valence-corrected chi connectivity index (χ0v) is 8.15. The van der Waals surface area contributed by atoms with Gasteiger partial charge in [0.15, 0.2) is 0 Å². The van der Waals surface area contributed by atoms with Gasteiger partial charge in [-0.2, -0.15) is 0 Å². The third-order valence-corrected chi connectivity index (χ3v) is 2.12. The molecule has 0 spiro atoms. The van der Waals surface area contributed by atoms with Crippen molar-refractivity contribution in [3.05, 3.63) is 45.4 Å². The fourth-order valence-electron chi connectivity index (χ4n) is 1.33. The molecule has 0 aliphatic heterocycles. The highest BCUT2D eigenvalue weighted by Crippen LogP contribution is 2.28. The average Bonchev–Trinajstić information content (AvgIpc) is 2.15. The largest absolute Gasteiger partial charge is 0.395 e. The summed E-state index contributed by atoms with van der Waals surface area (Å²) in [5.74, 6) is 0.611. The van der Waals surface area contributed by atoms with Gasteiger partial charge in [0, 0.05) is 17.0 Å². The first-order valence-corrected chi connectivity index (χ1v) is 4.25. The molecule has 0 atom stereocenters. The Morgan fingerprint density at radius 3 is 2.71 bits per heavy atom. The van der Waals surface area contributed by atoms with Crippen LogP contribution in [0.4, 0.5) is 5.69 Å². The summed E-state index contributed by atoms with van der Waals surface area (Å²) in [6, 6.07) is 5.08. The van der Waals surface area contributed by atoms with Crippen molar-refractivity contribution < 1.29 is 10.0 Å². The SMILES string of the molecule is C[C](CO)c1cccc(C)c1[N+](=O)[O-]. The van der Waals surface area contributed by atoms with E-state index in [9.17, 15) is 10.1 Å². The maximum atomic E-state index is 10.8. The molecule has 1 aromatic rings. The van der Waals surface area contributed by atoms with E-state index in [1.54, 1.807) is 32.0 Å². The summed E-state index contributed by atoms with van der Waals surface area (Å²) in [7, 11) is 0. The van der Waals surface area contributed by atoms with Crippen molar-refractivity contribution in [1.29, 1.82) is 0 Å². The highest BCUT2D eigenvalue weighted by atomic mass is 16.6. The van der Waals surface area contributed by atoms with Crippen LogP contribution in [-0.4, -0.2) is 16.6 Å². The van der Waals surface area contributed by atoms with Crippen molar-refractivity contribution in [3.8, 4) is 0 Å². The lowest BCUT2D eigenvalue weighted by Crippen LogP contribution is -2.05. The van der Waals surface area contributed by atoms with Crippen LogP contribution in [0.2, 0.25) is 0 Å². The van der Waals surface area contributed by atoms with Crippen LogP contribution in [0.1, 0.15) is 18.1 Å². The topological polar surface area (TPSA) is 63.4 Å². The third kappa shape index (κ3) is 1.90. The first-order valence-electron chi connectivity index (χ1n) is 4.25. The zero-order valence-electron chi connectivity index (χ0n) is 8.15. The number of hydrogen-bond acceptors (Lipinski definition) is 3. The minimum atomic E-state index is -0.413. The van der Waals surface area contributed by atoms with Crippen molar-refractivity contribution in [1.82, 2.24) is 0 Å². The highest BCUT2D eigenvalue weighted by molar-refractivity contribution is 5.53. The molecule has 0 aliphatic carbocycles. The van der Waals surface area contributed by atoms with Crippen molar-refractivity contribution in [3.63, 3.8) is 0 Å². The molecule has 1 rings (SSSR count). The van der Waals surface area contributed by atoms with E-state index in [0.29, 0.717) is 17.0 Å². The van der Waals surface area contributed by atoms with E-state index in [2.05, 4.69) is 0 Å². The second-order valence-corrected chi connectivity index (χ2v) is 3.17. The fourth-order valence-corrected chi connectivity index (χ4v) is 1.33. The van der Waals surface area contributed by atoms with E-state index >= 15 is 0 Å². The van der Waals surface area contributed by atoms with Crippen LogP contribution in [0.5, 0.6) is 0 Å². The van der Waals surface area contributed by atoms with Gasteiger partial charge in [-0.1, -0.05) is 25.1 Å². The standard InChI is InChI=1S/C10H12NO3/c1-7-4-3-5-9(8(2)6-12)10(7)11(13)14/h3-5,12H,6H2,1-2H3. The van der Waals surface area contributed by atoms with Crippen molar-refractivity contribution >= 4 is 5.69 Å². The molecule has 0 aromatic heterocycles. The van der Waals surface area contributed by atoms with Gasteiger partial charge in [-0.3, -0.25) is 10.1 Å². The number of para-hydroxylation sites is 1. The number of nitro groups is 1. The highest BCUT2D eigenvalue weighted by Gasteiger charge is 2.20. The molecule has 0 fully saturated rings. The molecule has 14 heavy (non-hydrogen) atoms. The van der Waals surface area contributed by atoms with E-state index in [1.165, 1.54) is 0 Å². The molecule has 4 nitrogen and oxygen atoms in total. The lowest BCUT2D eigenvalue weighted by molar-refractivity contribution is -0.386. The van der Waals surface area contributed by atoms with Gasteiger partial charge in [0.1, 0.15) is 0 Å². The molecule has 0 heterocycles. The lowest BCUT2D eigenvalue weighted by Gasteiger charge is -2.09. The third-order valence-electron chi connectivity index (χ3n) is 2.12. The minimum Gasteiger partial charge on any atom is -0.395 e. The summed E-state index contributed by atoms with van der Waals surface area (Å²) in [4.78, 5) is 10.4. The number of hydrogen-bond donors (Lipinski definition) is 1. The molecule has 0 aliphatic rings. The van der Waals surface area contributed by atoms with Gasteiger partial charge < -0.3 is 5.11 Å². The Bertz CT molecular complexity index is 349. The first-order chi connectivity index (χ1) is 6.57. The van der Waals surface area contributed by atoms with E-state index < -0.39 is 4.92 Å². The first kappa shape index (κ1) is 10.7. The number of nitro benzene ring substituents is 1. The van der Waals surface area contributed by atoms with Gasteiger partial charge in [0.25, 0.3) is 5.69 Å². The normalized spacial score (nSPS) is 10.6. The van der Waals surface area contributed by atoms with Crippen LogP contribution < -0.4 is 0 Å². The van der Waals surface area contributed by atoms with Gasteiger partial charge in [0.05, 0.1) is 11.5 Å². The average molecular weight is 194 g/mol. The smallest absolute Gasteiger partial charge is 0.276 e. The quantitative estimate of drug-likeness (QED) is 0.589. The summed E-state index contributed by atoms with van der Waals surface area (Å²) in [5.41, 5.74) is 1.21. The number of nitrogens with zero attached hydrogens (tertiary/aromatic N) is 1. The maximum absolute atomic E-state index is 10.8. The van der Waals surface area contributed by atoms with Gasteiger partial charge >= 0.3 is 0 Å². The van der Waals surface area contributed by atoms with Crippen molar-refractivity contribution in [2.75, 3.05) is 6.61 Å². The number of benzene rings is 1. The predicted molar refractivity (Wildman–Crippen MR) is 52.9 cm³/mol. The van der Waals surface area contributed by atoms with Crippen LogP contribution >= 0.6 is 0 Å². The predicted octanol–water partition coefficient (Wildman–Crippen LogP) is 1.84. The molecule has 75 valence electrons. The maximum Gasteiger partial charge on any atom is 0.276 e. The molecule has 0 saturated carbocycles. The lowest BCUT2D eigenvalue weighted by atomic mass is 9.97. The van der Waals surface area contributed by atoms with Crippen LogP contribution in [-0.2, 0) is 0 Å². The van der Waals surface area contributed by atoms with E-state index in [4.69, 9.17) is 5.11 Å². The van der Waals surface area contributed by atoms with Gasteiger partial charge in [-0.25, -0.2) is 0 Å². The zero-order chi connectivity index (χ0) is 10.7. The summed E-state index contributed by atoms with van der Waals surface area (Å²) in [6.07, 6.45) is 0. The Kier molecular flexibility index (Phi) is 3.19. The Morgan fingerprint density at radius 2 is 2.21 bits per heavy atom. The molecule has 0 saturated heterocycles. The Morgan fingerprint density at radius 1 is 1.57 bits per heavy atom. The molecular formula is C10H12NO3. The summed E-state index contributed by atoms with van der Waals surface area (Å²) < 4.78 is 0. The molecule has 0 amide bonds. The van der Waals surface area contributed by atoms with Gasteiger partial charge in [-0.05, 0) is 6.92 Å². The van der Waals surface area contributed by atoms with E-state index in [-0.39, 0.29) is 12.3 Å². The fraction of sp³-hybridized carbons (Fsp3) is 0.300. The van der Waals surface area contributed by atoms with Crippen LogP contribution in [0.3, 0.4) is 0 Å². The molecule has 1 N–H and O–H groups in total. The molecule has 1 radical (unpaired) electrons. The van der Waals surface area contributed by atoms with Crippen molar-refractivity contribution in [2.24, 2.45) is 0 Å². The number of rotatable bonds is 3. The Hall–Kier alpha value is -1.42. The summed E-state index contributed by atoms with van der Waals surface area (Å²) in [6.45, 7) is 3.21. The number of aryl methyl sites for hydroxylation is 1. The monoisotopic (exact) mass is 194 g/mol. The Labute approximate surface area is 82.3 Å². The number of aliphatic hydroxyl groups excluding tert-OH is 1. The van der Waals surface area contributed by atoms with Crippen LogP contribution in [0.25, 0.3) is 0 Å². The van der Waals surface area contributed by atoms with Crippen molar-refractivity contribution in [2.45, 2.75) is 13.8 Å². The summed E-state index contributed by atoms with van der Waals surface area (Å²) in [5, 5.41) is 19.7. The van der Waals surface area contributed by atoms with E-state index in [1.807, 2.05) is 0 Å². The number of aliphatic hydroxyl groups is 1. The minimum absolute atomic E-state index is 0.0825. The second kappa shape index (κ2) is 4.19. The summed E-state index contributed by atoms with van der Waals surface area (Å²) >= 11 is 0. The molecular weight excluding hydrogens is 182 g/mol. The molecule has 0 bridgehead atoms. The van der Waals surface area contributed by atoms with E-state index in [0.717, 1.165) is 0 Å². The van der Waals surface area contributed by atoms with Crippen LogP contribution in [0, 0.1) is 23.0 Å². The molecule has 0 unspecified atom stereocenters. The Balaban J connectivity index is 3.28. The van der Waals surface area contributed by atoms with Gasteiger partial charge in [0.2, 0.25) is 0 Å². The van der Waals surface area contributed by atoms with Crippen LogP contribution in [0.15, 0.2) is 18.2 Å². The molecule has 1 aromatic carbocycles. The second-order valence-electron chi connectivity index (χ2n) is 3.17.